The summed E-state index contributed by atoms with van der Waals surface area (Å²) in [5.41, 5.74) is 6.80. The minimum Gasteiger partial charge on any atom is -0.508 e. The van der Waals surface area contributed by atoms with E-state index in [1.54, 1.807) is 17.4 Å². The van der Waals surface area contributed by atoms with Gasteiger partial charge in [-0.2, -0.15) is 0 Å². The molecule has 1 atom stereocenters. The molecule has 5 heteroatoms. The molecule has 0 fully saturated rings. The smallest absolute Gasteiger partial charge is 0.121 e. The van der Waals surface area contributed by atoms with Gasteiger partial charge >= 0.3 is 0 Å². The summed E-state index contributed by atoms with van der Waals surface area (Å²) in [6, 6.07) is 9.04. The largest absolute Gasteiger partial charge is 0.508 e. The van der Waals surface area contributed by atoms with E-state index in [-0.39, 0.29) is 24.2 Å². The molecule has 0 amide bonds. The fourth-order valence-corrected chi connectivity index (χ4v) is 2.50. The van der Waals surface area contributed by atoms with Crippen molar-refractivity contribution in [3.05, 3.63) is 50.6 Å². The molecule has 2 rings (SSSR count). The molecule has 2 nitrogen and oxygen atoms in total. The predicted octanol–water partition coefficient (Wildman–Crippen LogP) is 3.69. The molecule has 3 N–H and O–H groups in total. The third kappa shape index (κ3) is 2.77. The SMILES string of the molecule is Cl.N[C@H](c1cccs1)c1ccc(Br)cc1O. The number of nitrogens with two attached hydrogens (primary N) is 1. The Labute approximate surface area is 113 Å². The standard InChI is InChI=1S/C11H10BrNOS.ClH/c12-7-3-4-8(9(14)6-7)11(13)10-2-1-5-15-10;/h1-6,11,14H,13H2;1H/t11-;/m0./s1. The minimum absolute atomic E-state index is 0. The first-order valence-electron chi connectivity index (χ1n) is 4.46. The van der Waals surface area contributed by atoms with Crippen molar-refractivity contribution in [1.29, 1.82) is 0 Å². The van der Waals surface area contributed by atoms with E-state index in [1.165, 1.54) is 0 Å². The van der Waals surface area contributed by atoms with Gasteiger partial charge in [-0.3, -0.25) is 0 Å². The molecule has 0 bridgehead atoms. The molecule has 1 aromatic carbocycles. The summed E-state index contributed by atoms with van der Waals surface area (Å²) in [5, 5.41) is 11.7. The zero-order valence-corrected chi connectivity index (χ0v) is 11.5. The number of aromatic hydroxyl groups is 1. The number of hydrogen-bond acceptors (Lipinski definition) is 3. The van der Waals surface area contributed by atoms with Crippen LogP contribution in [0.25, 0.3) is 0 Å². The van der Waals surface area contributed by atoms with E-state index >= 15 is 0 Å². The maximum Gasteiger partial charge on any atom is 0.121 e. The highest BCUT2D eigenvalue weighted by atomic mass is 79.9. The van der Waals surface area contributed by atoms with Crippen molar-refractivity contribution in [2.45, 2.75) is 6.04 Å². The summed E-state index contributed by atoms with van der Waals surface area (Å²) < 4.78 is 0.849. The molecule has 1 heterocycles. The first-order valence-corrected chi connectivity index (χ1v) is 6.13. The Hall–Kier alpha value is -0.550. The maximum absolute atomic E-state index is 9.76. The molecule has 0 radical (unpaired) electrons. The van der Waals surface area contributed by atoms with Crippen molar-refractivity contribution >= 4 is 39.7 Å². The van der Waals surface area contributed by atoms with Crippen molar-refractivity contribution in [3.63, 3.8) is 0 Å². The quantitative estimate of drug-likeness (QED) is 0.886. The van der Waals surface area contributed by atoms with Crippen LogP contribution in [-0.2, 0) is 0 Å². The van der Waals surface area contributed by atoms with Crippen LogP contribution in [0.1, 0.15) is 16.5 Å². The van der Waals surface area contributed by atoms with Gasteiger partial charge in [-0.1, -0.05) is 28.1 Å². The van der Waals surface area contributed by atoms with Crippen LogP contribution in [-0.4, -0.2) is 5.11 Å². The summed E-state index contributed by atoms with van der Waals surface area (Å²) >= 11 is 4.89. The summed E-state index contributed by atoms with van der Waals surface area (Å²) in [5.74, 6) is 0.227. The Morgan fingerprint density at radius 1 is 1.31 bits per heavy atom. The number of benzene rings is 1. The first-order chi connectivity index (χ1) is 7.18. The van der Waals surface area contributed by atoms with Gasteiger partial charge in [0.1, 0.15) is 5.75 Å². The monoisotopic (exact) mass is 319 g/mol. The lowest BCUT2D eigenvalue weighted by Gasteiger charge is -2.11. The fourth-order valence-electron chi connectivity index (χ4n) is 1.40. The number of phenols is 1. The van der Waals surface area contributed by atoms with Gasteiger partial charge in [0.25, 0.3) is 0 Å². The molecule has 86 valence electrons. The topological polar surface area (TPSA) is 46.2 Å². The molecular weight excluding hydrogens is 310 g/mol. The lowest BCUT2D eigenvalue weighted by atomic mass is 10.1. The second-order valence-electron chi connectivity index (χ2n) is 3.20. The van der Waals surface area contributed by atoms with Crippen LogP contribution in [0.15, 0.2) is 40.2 Å². The minimum atomic E-state index is -0.252. The highest BCUT2D eigenvalue weighted by Crippen LogP contribution is 2.31. The second kappa shape index (κ2) is 5.68. The fraction of sp³-hybridized carbons (Fsp3) is 0.0909. The van der Waals surface area contributed by atoms with E-state index in [1.807, 2.05) is 29.6 Å². The van der Waals surface area contributed by atoms with Gasteiger partial charge in [-0.25, -0.2) is 0 Å². The van der Waals surface area contributed by atoms with Gasteiger partial charge in [0.05, 0.1) is 6.04 Å². The second-order valence-corrected chi connectivity index (χ2v) is 5.09. The Balaban J connectivity index is 0.00000128. The van der Waals surface area contributed by atoms with Crippen LogP contribution in [0.3, 0.4) is 0 Å². The zero-order valence-electron chi connectivity index (χ0n) is 8.26. The van der Waals surface area contributed by atoms with Crippen LogP contribution in [0.5, 0.6) is 5.75 Å². The molecule has 16 heavy (non-hydrogen) atoms. The van der Waals surface area contributed by atoms with Gasteiger partial charge in [0.15, 0.2) is 0 Å². The maximum atomic E-state index is 9.76. The number of phenolic OH excluding ortho intramolecular Hbond substituents is 1. The molecule has 0 aliphatic rings. The van der Waals surface area contributed by atoms with Crippen molar-refractivity contribution in [2.75, 3.05) is 0 Å². The summed E-state index contributed by atoms with van der Waals surface area (Å²) in [7, 11) is 0. The van der Waals surface area contributed by atoms with Crippen LogP contribution in [0.4, 0.5) is 0 Å². The average Bonchev–Trinajstić information content (AvgIpc) is 2.69. The van der Waals surface area contributed by atoms with Crippen LogP contribution >= 0.6 is 39.7 Å². The molecule has 1 aromatic heterocycles. The zero-order chi connectivity index (χ0) is 10.8. The summed E-state index contributed by atoms with van der Waals surface area (Å²) in [6.07, 6.45) is 0. The van der Waals surface area contributed by atoms with Gasteiger partial charge in [-0.05, 0) is 23.6 Å². The van der Waals surface area contributed by atoms with Gasteiger partial charge in [-0.15, -0.1) is 23.7 Å². The van der Waals surface area contributed by atoms with Crippen molar-refractivity contribution in [1.82, 2.24) is 0 Å². The number of rotatable bonds is 2. The molecule has 0 spiro atoms. The summed E-state index contributed by atoms with van der Waals surface area (Å²) in [4.78, 5) is 1.05. The molecular formula is C11H11BrClNOS. The normalized spacial score (nSPS) is 11.9. The molecule has 2 aromatic rings. The van der Waals surface area contributed by atoms with E-state index in [4.69, 9.17) is 5.73 Å². The van der Waals surface area contributed by atoms with E-state index in [0.717, 1.165) is 14.9 Å². The molecule has 0 aliphatic carbocycles. The molecule has 0 aliphatic heterocycles. The molecule has 0 saturated carbocycles. The Kier molecular flexibility index (Phi) is 4.80. The van der Waals surface area contributed by atoms with E-state index in [2.05, 4.69) is 15.9 Å². The van der Waals surface area contributed by atoms with E-state index in [9.17, 15) is 5.11 Å². The van der Waals surface area contributed by atoms with Gasteiger partial charge < -0.3 is 10.8 Å². The van der Waals surface area contributed by atoms with E-state index in [0.29, 0.717) is 0 Å². The van der Waals surface area contributed by atoms with Gasteiger partial charge in [0, 0.05) is 14.9 Å². The van der Waals surface area contributed by atoms with E-state index < -0.39 is 0 Å². The number of halogens is 2. The Morgan fingerprint density at radius 3 is 2.62 bits per heavy atom. The van der Waals surface area contributed by atoms with Crippen LogP contribution < -0.4 is 5.73 Å². The van der Waals surface area contributed by atoms with Crippen molar-refractivity contribution in [3.8, 4) is 5.75 Å². The first kappa shape index (κ1) is 13.5. The Morgan fingerprint density at radius 2 is 2.06 bits per heavy atom. The number of thiophene rings is 1. The molecule has 0 unspecified atom stereocenters. The summed E-state index contributed by atoms with van der Waals surface area (Å²) in [6.45, 7) is 0. The highest BCUT2D eigenvalue weighted by molar-refractivity contribution is 9.10. The van der Waals surface area contributed by atoms with Gasteiger partial charge in [0.2, 0.25) is 0 Å². The van der Waals surface area contributed by atoms with Crippen LogP contribution in [0, 0.1) is 0 Å². The lowest BCUT2D eigenvalue weighted by Crippen LogP contribution is -2.10. The highest BCUT2D eigenvalue weighted by Gasteiger charge is 2.13. The van der Waals surface area contributed by atoms with Crippen molar-refractivity contribution < 1.29 is 5.11 Å². The van der Waals surface area contributed by atoms with Crippen molar-refractivity contribution in [2.24, 2.45) is 5.73 Å². The molecule has 0 saturated heterocycles. The lowest BCUT2D eigenvalue weighted by molar-refractivity contribution is 0.465. The predicted molar refractivity (Wildman–Crippen MR) is 73.4 cm³/mol. The average molecular weight is 321 g/mol. The van der Waals surface area contributed by atoms with Crippen LogP contribution in [0.2, 0.25) is 0 Å². The third-order valence-electron chi connectivity index (χ3n) is 2.18. The number of hydrogen-bond donors (Lipinski definition) is 2. The Bertz CT molecular complexity index is 461. The third-order valence-corrected chi connectivity index (χ3v) is 3.63.